The fourth-order valence-electron chi connectivity index (χ4n) is 3.63. The lowest BCUT2D eigenvalue weighted by molar-refractivity contribution is -0.586. The molecule has 0 spiro atoms. The Kier molecular flexibility index (Phi) is 4.49. The van der Waals surface area contributed by atoms with Crippen LogP contribution >= 0.6 is 0 Å². The summed E-state index contributed by atoms with van der Waals surface area (Å²) in [5.74, 6) is 8.39. The first-order valence-electron chi connectivity index (χ1n) is 7.73. The molecule has 18 heavy (non-hydrogen) atoms. The number of rotatable bonds is 2. The van der Waals surface area contributed by atoms with E-state index in [1.807, 2.05) is 0 Å². The van der Waals surface area contributed by atoms with Crippen molar-refractivity contribution in [1.82, 2.24) is 0 Å². The van der Waals surface area contributed by atoms with Crippen LogP contribution in [0.25, 0.3) is 0 Å². The second-order valence-corrected chi connectivity index (χ2v) is 6.37. The van der Waals surface area contributed by atoms with Crippen LogP contribution in [0.4, 0.5) is 0 Å². The molecule has 0 aromatic rings. The highest BCUT2D eigenvalue weighted by Gasteiger charge is 2.53. The van der Waals surface area contributed by atoms with Gasteiger partial charge in [0.2, 0.25) is 0 Å². The Bertz CT molecular complexity index is 346. The molecule has 1 fully saturated rings. The van der Waals surface area contributed by atoms with Crippen LogP contribution in [0.5, 0.6) is 0 Å². The highest BCUT2D eigenvalue weighted by molar-refractivity contribution is 6.00. The molecule has 2 aliphatic carbocycles. The van der Waals surface area contributed by atoms with Crippen LogP contribution < -0.4 is 0 Å². The lowest BCUT2D eigenvalue weighted by atomic mass is 10.1. The molecule has 1 nitrogen and oxygen atoms in total. The summed E-state index contributed by atoms with van der Waals surface area (Å²) in [4.78, 5) is 0. The van der Waals surface area contributed by atoms with E-state index in [1.165, 1.54) is 25.7 Å². The molecule has 0 N–H and O–H groups in total. The summed E-state index contributed by atoms with van der Waals surface area (Å²) in [5, 5.41) is 0. The summed E-state index contributed by atoms with van der Waals surface area (Å²) in [6.07, 6.45) is 7.54. The minimum Gasteiger partial charge on any atom is -0.232 e. The largest absolute Gasteiger partial charge is 0.232 e. The molecule has 0 aromatic carbocycles. The van der Waals surface area contributed by atoms with E-state index in [1.54, 1.807) is 5.71 Å². The van der Waals surface area contributed by atoms with Crippen LogP contribution in [0.15, 0.2) is 0 Å². The Balaban J connectivity index is 2.14. The fraction of sp³-hybridized carbons (Fsp3) is 0.824. The van der Waals surface area contributed by atoms with Gasteiger partial charge in [0.25, 0.3) is 0 Å². The molecular formula is C17H28N+. The van der Waals surface area contributed by atoms with Crippen LogP contribution in [0, 0.1) is 23.7 Å². The van der Waals surface area contributed by atoms with Crippen molar-refractivity contribution >= 4 is 5.71 Å². The van der Waals surface area contributed by atoms with Crippen molar-refractivity contribution in [3.05, 3.63) is 0 Å². The standard InChI is InChI=1S/C17H28N/c1-13(2)18(14(3)4)17-15-11-9-7-5-6-8-10-12-16(15)17/h13-16H,7-12H2,1-4H3/q+1. The van der Waals surface area contributed by atoms with E-state index in [4.69, 9.17) is 0 Å². The summed E-state index contributed by atoms with van der Waals surface area (Å²) in [5.41, 5.74) is 1.77. The monoisotopic (exact) mass is 246 g/mol. The van der Waals surface area contributed by atoms with Gasteiger partial charge in [-0.05, 0) is 53.4 Å². The number of hydrogen-bond donors (Lipinski definition) is 0. The van der Waals surface area contributed by atoms with Crippen molar-refractivity contribution in [1.29, 1.82) is 0 Å². The second-order valence-electron chi connectivity index (χ2n) is 6.37. The smallest absolute Gasteiger partial charge is 0.160 e. The molecule has 2 aliphatic rings. The van der Waals surface area contributed by atoms with Crippen molar-refractivity contribution in [2.45, 2.75) is 78.3 Å². The van der Waals surface area contributed by atoms with Gasteiger partial charge in [0.15, 0.2) is 5.71 Å². The fourth-order valence-corrected chi connectivity index (χ4v) is 3.63. The molecule has 0 bridgehead atoms. The molecule has 1 saturated carbocycles. The van der Waals surface area contributed by atoms with Crippen molar-refractivity contribution in [2.75, 3.05) is 0 Å². The van der Waals surface area contributed by atoms with E-state index in [2.05, 4.69) is 44.1 Å². The summed E-state index contributed by atoms with van der Waals surface area (Å²) in [6.45, 7) is 9.34. The maximum absolute atomic E-state index is 3.31. The van der Waals surface area contributed by atoms with Gasteiger partial charge in [0.05, 0.1) is 11.8 Å². The van der Waals surface area contributed by atoms with Crippen molar-refractivity contribution in [3.63, 3.8) is 0 Å². The van der Waals surface area contributed by atoms with Crippen molar-refractivity contribution in [3.8, 4) is 11.8 Å². The lowest BCUT2D eigenvalue weighted by Gasteiger charge is -2.11. The van der Waals surface area contributed by atoms with Crippen LogP contribution in [-0.4, -0.2) is 22.4 Å². The lowest BCUT2D eigenvalue weighted by Crippen LogP contribution is -2.30. The van der Waals surface area contributed by atoms with Gasteiger partial charge in [-0.15, -0.1) is 11.8 Å². The van der Waals surface area contributed by atoms with E-state index >= 15 is 0 Å². The summed E-state index contributed by atoms with van der Waals surface area (Å²) < 4.78 is 2.67. The molecule has 0 saturated heterocycles. The van der Waals surface area contributed by atoms with E-state index in [0.29, 0.717) is 12.1 Å². The minimum atomic E-state index is 0.647. The molecule has 0 heterocycles. The first-order chi connectivity index (χ1) is 8.63. The SMILES string of the molecule is CC(C)[N+](=C1C2CCCC#CCCCC12)C(C)C. The van der Waals surface area contributed by atoms with Gasteiger partial charge in [0.1, 0.15) is 12.1 Å². The van der Waals surface area contributed by atoms with Crippen LogP contribution in [0.1, 0.15) is 66.2 Å². The van der Waals surface area contributed by atoms with Crippen molar-refractivity contribution in [2.24, 2.45) is 11.8 Å². The third-order valence-corrected chi connectivity index (χ3v) is 4.31. The third kappa shape index (κ3) is 2.97. The van der Waals surface area contributed by atoms with Crippen LogP contribution in [0.2, 0.25) is 0 Å². The van der Waals surface area contributed by atoms with E-state index < -0.39 is 0 Å². The Morgan fingerprint density at radius 2 is 1.33 bits per heavy atom. The van der Waals surface area contributed by atoms with E-state index in [9.17, 15) is 0 Å². The molecule has 2 rings (SSSR count). The Labute approximate surface area is 113 Å². The Morgan fingerprint density at radius 1 is 0.889 bits per heavy atom. The number of nitrogens with zero attached hydrogens (tertiary/aromatic N) is 1. The molecule has 100 valence electrons. The first-order valence-corrected chi connectivity index (χ1v) is 7.73. The average Bonchev–Trinajstić information content (AvgIpc) is 2.97. The zero-order valence-corrected chi connectivity index (χ0v) is 12.5. The molecule has 1 heteroatoms. The summed E-state index contributed by atoms with van der Waals surface area (Å²) in [7, 11) is 0. The molecule has 2 atom stereocenters. The van der Waals surface area contributed by atoms with Gasteiger partial charge >= 0.3 is 0 Å². The van der Waals surface area contributed by atoms with Gasteiger partial charge < -0.3 is 0 Å². The predicted octanol–water partition coefficient (Wildman–Crippen LogP) is 3.86. The maximum atomic E-state index is 3.31. The Hall–Kier alpha value is -0.770. The van der Waals surface area contributed by atoms with Crippen molar-refractivity contribution < 1.29 is 4.58 Å². The zero-order valence-electron chi connectivity index (χ0n) is 12.5. The average molecular weight is 246 g/mol. The molecule has 0 radical (unpaired) electrons. The van der Waals surface area contributed by atoms with Gasteiger partial charge in [-0.2, -0.15) is 0 Å². The molecule has 0 aromatic heterocycles. The number of fused-ring (bicyclic) bond motifs is 1. The van der Waals surface area contributed by atoms with Crippen LogP contribution in [0.3, 0.4) is 0 Å². The molecular weight excluding hydrogens is 218 g/mol. The highest BCUT2D eigenvalue weighted by atomic mass is 15.1. The van der Waals surface area contributed by atoms with Gasteiger partial charge in [0, 0.05) is 12.8 Å². The zero-order chi connectivity index (χ0) is 13.1. The number of hydrogen-bond acceptors (Lipinski definition) is 0. The van der Waals surface area contributed by atoms with Gasteiger partial charge in [-0.3, -0.25) is 0 Å². The topological polar surface area (TPSA) is 3.01 Å². The minimum absolute atomic E-state index is 0.647. The second kappa shape index (κ2) is 5.91. The van der Waals surface area contributed by atoms with Gasteiger partial charge in [-0.1, -0.05) is 0 Å². The van der Waals surface area contributed by atoms with E-state index in [-0.39, 0.29) is 0 Å². The third-order valence-electron chi connectivity index (χ3n) is 4.31. The normalized spacial score (nSPS) is 27.6. The van der Waals surface area contributed by atoms with E-state index in [0.717, 1.165) is 24.7 Å². The highest BCUT2D eigenvalue weighted by Crippen LogP contribution is 2.43. The molecule has 2 unspecified atom stereocenters. The summed E-state index contributed by atoms with van der Waals surface area (Å²) in [6, 6.07) is 1.29. The first kappa shape index (κ1) is 13.7. The van der Waals surface area contributed by atoms with Gasteiger partial charge in [-0.25, -0.2) is 4.58 Å². The maximum Gasteiger partial charge on any atom is 0.160 e. The molecule has 0 aliphatic heterocycles. The molecule has 0 amide bonds. The quantitative estimate of drug-likeness (QED) is 0.514. The summed E-state index contributed by atoms with van der Waals surface area (Å²) >= 11 is 0. The Morgan fingerprint density at radius 3 is 1.72 bits per heavy atom. The van der Waals surface area contributed by atoms with Crippen LogP contribution in [-0.2, 0) is 0 Å². The predicted molar refractivity (Wildman–Crippen MR) is 78.0 cm³/mol.